The molecular weight excluding hydrogens is 307 g/mol. The minimum absolute atomic E-state index is 0.173. The van der Waals surface area contributed by atoms with Gasteiger partial charge in [-0.05, 0) is 56.6 Å². The molecule has 1 aromatic carbocycles. The molecule has 0 N–H and O–H groups in total. The van der Waals surface area contributed by atoms with Crippen LogP contribution < -0.4 is 0 Å². The lowest BCUT2D eigenvalue weighted by Crippen LogP contribution is -2.36. The quantitative estimate of drug-likeness (QED) is 0.823. The summed E-state index contributed by atoms with van der Waals surface area (Å²) in [5, 5.41) is 0. The smallest absolute Gasteiger partial charge is 0.124 e. The van der Waals surface area contributed by atoms with Crippen molar-refractivity contribution in [3.63, 3.8) is 0 Å². The van der Waals surface area contributed by atoms with E-state index < -0.39 is 0 Å². The van der Waals surface area contributed by atoms with E-state index in [0.717, 1.165) is 30.1 Å². The van der Waals surface area contributed by atoms with Gasteiger partial charge in [-0.2, -0.15) is 0 Å². The highest BCUT2D eigenvalue weighted by atomic mass is 79.9. The van der Waals surface area contributed by atoms with E-state index in [1.165, 1.54) is 37.9 Å². The molecule has 2 heterocycles. The van der Waals surface area contributed by atoms with Gasteiger partial charge in [-0.1, -0.05) is 22.0 Å². The Hall–Kier alpha value is -0.450. The fourth-order valence-electron chi connectivity index (χ4n) is 3.32. The number of hydrogen-bond acceptors (Lipinski definition) is 2. The molecule has 0 saturated carbocycles. The summed E-state index contributed by atoms with van der Waals surface area (Å²) in [5.74, 6) is -0.173. The highest BCUT2D eigenvalue weighted by Crippen LogP contribution is 2.24. The zero-order chi connectivity index (χ0) is 13.2. The Morgan fingerprint density at radius 2 is 2.05 bits per heavy atom. The summed E-state index contributed by atoms with van der Waals surface area (Å²) in [4.78, 5) is 5.16. The van der Waals surface area contributed by atoms with Crippen molar-refractivity contribution in [2.45, 2.75) is 31.8 Å². The van der Waals surface area contributed by atoms with Crippen LogP contribution in [0.5, 0.6) is 0 Å². The third-order valence-corrected chi connectivity index (χ3v) is 5.03. The molecule has 19 heavy (non-hydrogen) atoms. The first kappa shape index (κ1) is 13.5. The predicted octanol–water partition coefficient (Wildman–Crippen LogP) is 3.26. The third kappa shape index (κ3) is 3.18. The molecule has 2 saturated heterocycles. The normalized spacial score (nSPS) is 25.3. The van der Waals surface area contributed by atoms with Crippen molar-refractivity contribution in [2.75, 3.05) is 26.2 Å². The molecule has 1 atom stereocenters. The van der Waals surface area contributed by atoms with Crippen molar-refractivity contribution < 1.29 is 4.39 Å². The van der Waals surface area contributed by atoms with Crippen LogP contribution in [0.25, 0.3) is 0 Å². The van der Waals surface area contributed by atoms with Crippen molar-refractivity contribution in [3.05, 3.63) is 34.1 Å². The number of benzene rings is 1. The Balaban J connectivity index is 1.68. The van der Waals surface area contributed by atoms with Crippen molar-refractivity contribution in [1.29, 1.82) is 0 Å². The monoisotopic (exact) mass is 326 g/mol. The molecule has 0 aromatic heterocycles. The molecule has 2 aliphatic heterocycles. The number of halogens is 2. The standard InChI is InChI=1S/C15H20BrFN2/c16-15-9-13(17)5-4-12(15)10-18-6-2-8-19-7-1-3-14(19)11-18/h4-5,9,14H,1-3,6-8,10-11H2/t14-/m1/s1. The van der Waals surface area contributed by atoms with Crippen molar-refractivity contribution in [2.24, 2.45) is 0 Å². The van der Waals surface area contributed by atoms with Gasteiger partial charge in [-0.25, -0.2) is 4.39 Å². The maximum absolute atomic E-state index is 13.1. The van der Waals surface area contributed by atoms with Crippen LogP contribution in [0, 0.1) is 5.82 Å². The largest absolute Gasteiger partial charge is 0.299 e. The molecule has 2 fully saturated rings. The Morgan fingerprint density at radius 1 is 1.21 bits per heavy atom. The fourth-order valence-corrected chi connectivity index (χ4v) is 3.79. The number of fused-ring (bicyclic) bond motifs is 1. The van der Waals surface area contributed by atoms with Crippen LogP contribution >= 0.6 is 15.9 Å². The maximum Gasteiger partial charge on any atom is 0.124 e. The van der Waals surface area contributed by atoms with Gasteiger partial charge in [0.25, 0.3) is 0 Å². The topological polar surface area (TPSA) is 6.48 Å². The lowest BCUT2D eigenvalue weighted by atomic mass is 10.1. The van der Waals surface area contributed by atoms with E-state index >= 15 is 0 Å². The molecule has 2 nitrogen and oxygen atoms in total. The highest BCUT2D eigenvalue weighted by Gasteiger charge is 2.28. The van der Waals surface area contributed by atoms with Crippen molar-refractivity contribution in [3.8, 4) is 0 Å². The lowest BCUT2D eigenvalue weighted by Gasteiger charge is -2.25. The number of hydrogen-bond donors (Lipinski definition) is 0. The van der Waals surface area contributed by atoms with E-state index in [9.17, 15) is 4.39 Å². The van der Waals surface area contributed by atoms with E-state index in [1.807, 2.05) is 6.07 Å². The molecule has 104 valence electrons. The van der Waals surface area contributed by atoms with E-state index in [2.05, 4.69) is 25.7 Å². The van der Waals surface area contributed by atoms with E-state index in [1.54, 1.807) is 12.1 Å². The second-order valence-electron chi connectivity index (χ2n) is 5.66. The molecule has 0 bridgehead atoms. The summed E-state index contributed by atoms with van der Waals surface area (Å²) in [6.45, 7) is 5.75. The van der Waals surface area contributed by atoms with Crippen molar-refractivity contribution in [1.82, 2.24) is 9.80 Å². The molecule has 3 rings (SSSR count). The number of rotatable bonds is 2. The van der Waals surface area contributed by atoms with E-state index in [0.29, 0.717) is 0 Å². The first-order valence-corrected chi connectivity index (χ1v) is 7.92. The fraction of sp³-hybridized carbons (Fsp3) is 0.600. The van der Waals surface area contributed by atoms with Gasteiger partial charge in [0.2, 0.25) is 0 Å². The van der Waals surface area contributed by atoms with Crippen LogP contribution in [0.15, 0.2) is 22.7 Å². The van der Waals surface area contributed by atoms with Gasteiger partial charge in [0.1, 0.15) is 5.82 Å². The lowest BCUT2D eigenvalue weighted by molar-refractivity contribution is 0.215. The SMILES string of the molecule is Fc1ccc(CN2CCCN3CCC[C@@H]3C2)c(Br)c1. The second kappa shape index (κ2) is 5.90. The Kier molecular flexibility index (Phi) is 4.20. The molecule has 0 spiro atoms. The van der Waals surface area contributed by atoms with Gasteiger partial charge >= 0.3 is 0 Å². The van der Waals surface area contributed by atoms with Crippen LogP contribution in [0.4, 0.5) is 4.39 Å². The predicted molar refractivity (Wildman–Crippen MR) is 78.6 cm³/mol. The third-order valence-electron chi connectivity index (χ3n) is 4.30. The summed E-state index contributed by atoms with van der Waals surface area (Å²) < 4.78 is 14.0. The Bertz CT molecular complexity index is 452. The highest BCUT2D eigenvalue weighted by molar-refractivity contribution is 9.10. The van der Waals surface area contributed by atoms with Gasteiger partial charge in [-0.3, -0.25) is 9.80 Å². The van der Waals surface area contributed by atoms with Gasteiger partial charge in [-0.15, -0.1) is 0 Å². The number of nitrogens with zero attached hydrogens (tertiary/aromatic N) is 2. The summed E-state index contributed by atoms with van der Waals surface area (Å²) in [6.07, 6.45) is 3.93. The Morgan fingerprint density at radius 3 is 2.89 bits per heavy atom. The van der Waals surface area contributed by atoms with Crippen LogP contribution in [-0.2, 0) is 6.54 Å². The molecule has 0 aliphatic carbocycles. The van der Waals surface area contributed by atoms with E-state index in [4.69, 9.17) is 0 Å². The summed E-state index contributed by atoms with van der Waals surface area (Å²) in [6, 6.07) is 5.76. The van der Waals surface area contributed by atoms with Gasteiger partial charge in [0, 0.05) is 23.6 Å². The van der Waals surface area contributed by atoms with E-state index in [-0.39, 0.29) is 5.82 Å². The summed E-state index contributed by atoms with van der Waals surface area (Å²) >= 11 is 3.47. The van der Waals surface area contributed by atoms with Gasteiger partial charge in [0.15, 0.2) is 0 Å². The van der Waals surface area contributed by atoms with Crippen LogP contribution in [-0.4, -0.2) is 42.0 Å². The average molecular weight is 327 g/mol. The van der Waals surface area contributed by atoms with Gasteiger partial charge < -0.3 is 0 Å². The minimum Gasteiger partial charge on any atom is -0.299 e. The molecule has 2 aliphatic rings. The zero-order valence-corrected chi connectivity index (χ0v) is 12.7. The minimum atomic E-state index is -0.173. The second-order valence-corrected chi connectivity index (χ2v) is 6.51. The summed E-state index contributed by atoms with van der Waals surface area (Å²) in [5.41, 5.74) is 1.19. The molecule has 0 amide bonds. The summed E-state index contributed by atoms with van der Waals surface area (Å²) in [7, 11) is 0. The maximum atomic E-state index is 13.1. The first-order valence-electron chi connectivity index (χ1n) is 7.13. The van der Waals surface area contributed by atoms with Crippen LogP contribution in [0.2, 0.25) is 0 Å². The molecule has 4 heteroatoms. The molecule has 1 aromatic rings. The van der Waals surface area contributed by atoms with Crippen molar-refractivity contribution >= 4 is 15.9 Å². The van der Waals surface area contributed by atoms with Crippen LogP contribution in [0.3, 0.4) is 0 Å². The van der Waals surface area contributed by atoms with Crippen LogP contribution in [0.1, 0.15) is 24.8 Å². The molecule has 0 radical (unpaired) electrons. The first-order chi connectivity index (χ1) is 9.22. The average Bonchev–Trinajstić information content (AvgIpc) is 2.72. The Labute approximate surface area is 122 Å². The molecular formula is C15H20BrFN2. The van der Waals surface area contributed by atoms with Gasteiger partial charge in [0.05, 0.1) is 0 Å². The molecule has 0 unspecified atom stereocenters. The zero-order valence-electron chi connectivity index (χ0n) is 11.1.